The maximum atomic E-state index is 13.4. The lowest BCUT2D eigenvalue weighted by molar-refractivity contribution is -0.168. The van der Waals surface area contributed by atoms with E-state index in [1.54, 1.807) is 0 Å². The third-order valence-corrected chi connectivity index (χ3v) is 6.22. The highest BCUT2D eigenvalue weighted by atomic mass is 16.4. The number of carboxylic acid groups (broad SMARTS) is 1. The van der Waals surface area contributed by atoms with E-state index in [1.165, 1.54) is 13.0 Å². The number of aliphatic carboxylic acids is 1. The molecule has 1 heterocycles. The third-order valence-electron chi connectivity index (χ3n) is 6.22. The molecular weight excluding hydrogens is 422 g/mol. The summed E-state index contributed by atoms with van der Waals surface area (Å²) in [5, 5.41) is 9.02. The Morgan fingerprint density at radius 2 is 1.81 bits per heavy atom. The molecule has 2 atom stereocenters. The molecule has 0 aromatic carbocycles. The highest BCUT2D eigenvalue weighted by molar-refractivity contribution is 6.12. The van der Waals surface area contributed by atoms with E-state index in [2.05, 4.69) is 9.98 Å². The van der Waals surface area contributed by atoms with Gasteiger partial charge in [-0.25, -0.2) is 4.79 Å². The van der Waals surface area contributed by atoms with Crippen molar-refractivity contribution in [2.24, 2.45) is 39.0 Å². The fourth-order valence-electron chi connectivity index (χ4n) is 4.35. The number of guanidine groups is 1. The van der Waals surface area contributed by atoms with E-state index in [1.807, 2.05) is 0 Å². The number of carbonyl (C=O) groups is 4. The molecule has 13 heteroatoms. The Kier molecular flexibility index (Phi) is 7.92. The van der Waals surface area contributed by atoms with E-state index in [0.29, 0.717) is 32.2 Å². The second-order valence-corrected chi connectivity index (χ2v) is 8.26. The van der Waals surface area contributed by atoms with Gasteiger partial charge >= 0.3 is 5.97 Å². The van der Waals surface area contributed by atoms with Crippen LogP contribution in [-0.2, 0) is 24.0 Å². The molecule has 0 aromatic rings. The quantitative estimate of drug-likeness (QED) is 0.137. The van der Waals surface area contributed by atoms with Crippen LogP contribution in [0.2, 0.25) is 0 Å². The molecule has 1 saturated carbocycles. The first-order chi connectivity index (χ1) is 15.0. The molecule has 2 fully saturated rings. The first kappa shape index (κ1) is 24.8. The van der Waals surface area contributed by atoms with Crippen molar-refractivity contribution in [1.29, 1.82) is 0 Å². The van der Waals surface area contributed by atoms with Crippen molar-refractivity contribution in [3.05, 3.63) is 0 Å². The minimum atomic E-state index is -2.09. The van der Waals surface area contributed by atoms with Crippen LogP contribution in [0.15, 0.2) is 9.98 Å². The van der Waals surface area contributed by atoms with Crippen LogP contribution in [0.25, 0.3) is 0 Å². The Balaban J connectivity index is 2.22. The summed E-state index contributed by atoms with van der Waals surface area (Å²) in [6.45, 7) is 0.797. The maximum Gasteiger partial charge on any atom is 0.323 e. The Hall–Kier alpha value is -3.47. The number of rotatable bonds is 8. The molecule has 1 saturated heterocycles. The lowest BCUT2D eigenvalue weighted by Gasteiger charge is -2.46. The number of nitrogens with two attached hydrogens (primary N) is 3. The molecule has 2 rings (SSSR count). The van der Waals surface area contributed by atoms with Crippen LogP contribution < -0.4 is 17.2 Å². The van der Waals surface area contributed by atoms with Gasteiger partial charge in [0.15, 0.2) is 11.5 Å². The van der Waals surface area contributed by atoms with Crippen LogP contribution in [0.1, 0.15) is 32.6 Å². The molecule has 1 unspecified atom stereocenters. The number of hydrogen-bond donors (Lipinski definition) is 4. The van der Waals surface area contributed by atoms with Gasteiger partial charge in [-0.2, -0.15) is 4.99 Å². The Morgan fingerprint density at radius 3 is 2.31 bits per heavy atom. The van der Waals surface area contributed by atoms with E-state index in [4.69, 9.17) is 22.3 Å². The van der Waals surface area contributed by atoms with Gasteiger partial charge in [0.2, 0.25) is 12.0 Å². The molecule has 3 amide bonds. The molecule has 13 nitrogen and oxygen atoms in total. The van der Waals surface area contributed by atoms with Crippen molar-refractivity contribution in [1.82, 2.24) is 9.80 Å². The van der Waals surface area contributed by atoms with Gasteiger partial charge in [-0.15, -0.1) is 0 Å². The van der Waals surface area contributed by atoms with Crippen molar-refractivity contribution in [3.8, 4) is 0 Å². The number of primary amides is 1. The SMILES string of the molecule is C[C@]1(C(N)=O)C(=O)N(CC(=O)O)CCN1C(=O)C(N=C=O)C1CCC(CN=C(N)N)CC1. The summed E-state index contributed by atoms with van der Waals surface area (Å²) in [6, 6.07) is -1.13. The normalized spacial score (nSPS) is 26.6. The third kappa shape index (κ3) is 5.22. The number of amides is 3. The number of carbonyl (C=O) groups excluding carboxylic acids is 4. The summed E-state index contributed by atoms with van der Waals surface area (Å²) in [5.74, 6) is -4.01. The molecule has 0 spiro atoms. The smallest absolute Gasteiger partial charge is 0.323 e. The average Bonchev–Trinajstić information content (AvgIpc) is 2.73. The number of piperazine rings is 1. The van der Waals surface area contributed by atoms with Crippen LogP contribution in [0.3, 0.4) is 0 Å². The van der Waals surface area contributed by atoms with Gasteiger partial charge in [-0.05, 0) is 44.4 Å². The van der Waals surface area contributed by atoms with Crippen LogP contribution in [-0.4, -0.2) is 88.4 Å². The Morgan fingerprint density at radius 1 is 1.19 bits per heavy atom. The number of isocyanates is 1. The number of aliphatic imine (C=N–C) groups is 2. The number of carboxylic acids is 1. The zero-order valence-corrected chi connectivity index (χ0v) is 17.9. The first-order valence-corrected chi connectivity index (χ1v) is 10.3. The van der Waals surface area contributed by atoms with E-state index in [9.17, 15) is 24.0 Å². The minimum absolute atomic E-state index is 0.00294. The summed E-state index contributed by atoms with van der Waals surface area (Å²) >= 11 is 0. The summed E-state index contributed by atoms with van der Waals surface area (Å²) < 4.78 is 0. The largest absolute Gasteiger partial charge is 0.480 e. The van der Waals surface area contributed by atoms with E-state index in [0.717, 1.165) is 9.80 Å². The maximum absolute atomic E-state index is 13.4. The zero-order valence-electron chi connectivity index (χ0n) is 17.9. The fraction of sp³-hybridized carbons (Fsp3) is 0.684. The molecule has 0 radical (unpaired) electrons. The van der Waals surface area contributed by atoms with Gasteiger partial charge < -0.3 is 32.1 Å². The van der Waals surface area contributed by atoms with Crippen molar-refractivity contribution >= 4 is 35.7 Å². The van der Waals surface area contributed by atoms with Crippen LogP contribution in [0.5, 0.6) is 0 Å². The first-order valence-electron chi connectivity index (χ1n) is 10.3. The molecule has 0 bridgehead atoms. The van der Waals surface area contributed by atoms with Gasteiger partial charge in [-0.3, -0.25) is 24.2 Å². The summed E-state index contributed by atoms with van der Waals surface area (Å²) in [5.41, 5.74) is 14.1. The fourth-order valence-corrected chi connectivity index (χ4v) is 4.35. The van der Waals surface area contributed by atoms with Crippen molar-refractivity contribution in [3.63, 3.8) is 0 Å². The highest BCUT2D eigenvalue weighted by Crippen LogP contribution is 2.34. The highest BCUT2D eigenvalue weighted by Gasteiger charge is 2.54. The lowest BCUT2D eigenvalue weighted by atomic mass is 9.77. The van der Waals surface area contributed by atoms with Crippen LogP contribution in [0, 0.1) is 11.8 Å². The Labute approximate surface area is 184 Å². The van der Waals surface area contributed by atoms with Crippen molar-refractivity contribution < 1.29 is 29.1 Å². The summed E-state index contributed by atoms with van der Waals surface area (Å²) in [4.78, 5) is 70.3. The number of nitrogens with zero attached hydrogens (tertiary/aromatic N) is 4. The van der Waals surface area contributed by atoms with Gasteiger partial charge in [0, 0.05) is 19.6 Å². The van der Waals surface area contributed by atoms with E-state index < -0.39 is 41.8 Å². The molecule has 2 aliphatic rings. The van der Waals surface area contributed by atoms with Gasteiger partial charge in [0.25, 0.3) is 11.8 Å². The molecule has 176 valence electrons. The topological polar surface area (TPSA) is 215 Å². The average molecular weight is 451 g/mol. The monoisotopic (exact) mass is 451 g/mol. The predicted octanol–water partition coefficient (Wildman–Crippen LogP) is -2.23. The van der Waals surface area contributed by atoms with Crippen LogP contribution >= 0.6 is 0 Å². The molecule has 0 aromatic heterocycles. The molecule has 32 heavy (non-hydrogen) atoms. The lowest BCUT2D eigenvalue weighted by Crippen LogP contribution is -2.72. The van der Waals surface area contributed by atoms with E-state index >= 15 is 0 Å². The zero-order chi connectivity index (χ0) is 24.1. The van der Waals surface area contributed by atoms with Gasteiger partial charge in [0.1, 0.15) is 12.6 Å². The summed E-state index contributed by atoms with van der Waals surface area (Å²) in [6.07, 6.45) is 3.96. The van der Waals surface area contributed by atoms with Gasteiger partial charge in [-0.1, -0.05) is 0 Å². The van der Waals surface area contributed by atoms with Crippen molar-refractivity contribution in [2.75, 3.05) is 26.2 Å². The van der Waals surface area contributed by atoms with Crippen molar-refractivity contribution in [2.45, 2.75) is 44.2 Å². The molecule has 7 N–H and O–H groups in total. The molecule has 1 aliphatic heterocycles. The minimum Gasteiger partial charge on any atom is -0.480 e. The second-order valence-electron chi connectivity index (χ2n) is 8.26. The molecular formula is C19H29N7O6. The predicted molar refractivity (Wildman–Crippen MR) is 112 cm³/mol. The number of hydrogen-bond acceptors (Lipinski definition) is 7. The molecule has 1 aliphatic carbocycles. The van der Waals surface area contributed by atoms with E-state index in [-0.39, 0.29) is 30.9 Å². The Bertz CT molecular complexity index is 843. The second kappa shape index (κ2) is 10.2. The standard InChI is InChI=1S/C19H29N7O6/c1-19(16(20)31)17(32)25(9-13(28)29)6-7-26(19)15(30)14(24-10-27)12-4-2-11(3-5-12)8-23-18(21)22/h11-12,14H,2-9H2,1H3,(H2,20,31)(H,28,29)(H4,21,22,23)/t11?,12?,14?,19-/m0/s1. The van der Waals surface area contributed by atoms with Crippen LogP contribution in [0.4, 0.5) is 0 Å². The van der Waals surface area contributed by atoms with Gasteiger partial charge in [0.05, 0.1) is 0 Å². The summed E-state index contributed by atoms with van der Waals surface area (Å²) in [7, 11) is 0.